The molecule has 1 aromatic heterocycles. The van der Waals surface area contributed by atoms with Crippen molar-refractivity contribution in [2.24, 2.45) is 0 Å². The van der Waals surface area contributed by atoms with Crippen molar-refractivity contribution >= 4 is 84.9 Å². The molecule has 0 radical (unpaired) electrons. The molecule has 7 rings (SSSR count). The molecule has 0 nitrogen and oxygen atoms in total. The van der Waals surface area contributed by atoms with Crippen LogP contribution in [-0.2, 0) is 26.2 Å². The third-order valence-corrected chi connectivity index (χ3v) is 8.44. The van der Waals surface area contributed by atoms with Crippen molar-refractivity contribution in [1.29, 1.82) is 0 Å². The molecule has 0 fully saturated rings. The fourth-order valence-electron chi connectivity index (χ4n) is 4.35. The molecule has 0 saturated carbocycles. The minimum atomic E-state index is 0. The van der Waals surface area contributed by atoms with Gasteiger partial charge in [0, 0.05) is 4.70 Å². The molecule has 4 bridgehead atoms. The number of benzene rings is 4. The molecular formula is C30H18Br2Cl2SZr. The largest absolute Gasteiger partial charge is 4.00 e. The van der Waals surface area contributed by atoms with E-state index in [4.69, 9.17) is 0 Å². The van der Waals surface area contributed by atoms with Crippen LogP contribution in [0.5, 0.6) is 0 Å². The average Bonchev–Trinajstić information content (AvgIpc) is 3.49. The van der Waals surface area contributed by atoms with Crippen molar-refractivity contribution in [3.63, 3.8) is 0 Å². The van der Waals surface area contributed by atoms with Gasteiger partial charge in [-0.3, -0.25) is 0 Å². The van der Waals surface area contributed by atoms with Gasteiger partial charge in [-0.25, -0.2) is 0 Å². The second kappa shape index (κ2) is 12.5. The third kappa shape index (κ3) is 5.75. The normalized spacial score (nSPS) is 10.4. The second-order valence-electron chi connectivity index (χ2n) is 8.10. The molecule has 7 aromatic rings. The maximum Gasteiger partial charge on any atom is 4.00 e. The summed E-state index contributed by atoms with van der Waals surface area (Å²) in [5.74, 6) is 0. The van der Waals surface area contributed by atoms with E-state index in [-0.39, 0.29) is 51.0 Å². The van der Waals surface area contributed by atoms with Gasteiger partial charge < -0.3 is 24.8 Å². The molecule has 6 aromatic carbocycles. The van der Waals surface area contributed by atoms with E-state index < -0.39 is 0 Å². The summed E-state index contributed by atoms with van der Waals surface area (Å²) in [5, 5.41) is 7.85. The van der Waals surface area contributed by atoms with Crippen LogP contribution in [0.1, 0.15) is 0 Å². The summed E-state index contributed by atoms with van der Waals surface area (Å²) in [6.07, 6.45) is 0. The molecule has 0 N–H and O–H groups in total. The summed E-state index contributed by atoms with van der Waals surface area (Å²) in [6, 6.07) is 38.9. The smallest absolute Gasteiger partial charge is 1.00 e. The Bertz CT molecular complexity index is 1750. The van der Waals surface area contributed by atoms with Crippen LogP contribution in [0.2, 0.25) is 0 Å². The number of rotatable bonds is 1. The van der Waals surface area contributed by atoms with Crippen molar-refractivity contribution in [3.8, 4) is 11.1 Å². The number of fused-ring (bicyclic) bond motifs is 5. The van der Waals surface area contributed by atoms with E-state index >= 15 is 0 Å². The van der Waals surface area contributed by atoms with Crippen LogP contribution in [0, 0.1) is 0 Å². The van der Waals surface area contributed by atoms with Crippen LogP contribution in [0.25, 0.3) is 52.8 Å². The predicted molar refractivity (Wildman–Crippen MR) is 153 cm³/mol. The van der Waals surface area contributed by atoms with Gasteiger partial charge in [-0.05, 0) is 19.7 Å². The molecule has 6 heteroatoms. The van der Waals surface area contributed by atoms with Gasteiger partial charge in [-0.2, -0.15) is 0 Å². The van der Waals surface area contributed by atoms with Crippen molar-refractivity contribution in [1.82, 2.24) is 0 Å². The predicted octanol–water partition coefficient (Wildman–Crippen LogP) is 4.68. The van der Waals surface area contributed by atoms with Crippen molar-refractivity contribution in [3.05, 3.63) is 118 Å². The Balaban J connectivity index is 0.000000185. The summed E-state index contributed by atoms with van der Waals surface area (Å²) in [4.78, 5) is 0. The van der Waals surface area contributed by atoms with Crippen LogP contribution in [-0.4, -0.2) is 0 Å². The van der Waals surface area contributed by atoms with Crippen LogP contribution >= 0.6 is 43.2 Å². The number of hydrogen-bond donors (Lipinski definition) is 0. The Morgan fingerprint density at radius 3 is 2.11 bits per heavy atom. The molecule has 176 valence electrons. The Morgan fingerprint density at radius 2 is 1.33 bits per heavy atom. The van der Waals surface area contributed by atoms with E-state index in [0.29, 0.717) is 0 Å². The molecule has 0 saturated heterocycles. The first-order chi connectivity index (χ1) is 16.2. The molecule has 0 spiro atoms. The summed E-state index contributed by atoms with van der Waals surface area (Å²) in [7, 11) is 0. The van der Waals surface area contributed by atoms with Gasteiger partial charge in [-0.15, -0.1) is 94.6 Å². The van der Waals surface area contributed by atoms with Crippen molar-refractivity contribution < 1.29 is 51.0 Å². The van der Waals surface area contributed by atoms with E-state index in [9.17, 15) is 0 Å². The van der Waals surface area contributed by atoms with E-state index in [0.717, 1.165) is 4.47 Å². The minimum absolute atomic E-state index is 0. The molecule has 0 unspecified atom stereocenters. The monoisotopic (exact) mass is 728 g/mol. The van der Waals surface area contributed by atoms with Gasteiger partial charge >= 0.3 is 26.2 Å². The molecule has 0 aliphatic heterocycles. The van der Waals surface area contributed by atoms with E-state index in [1.807, 2.05) is 17.4 Å². The first-order valence-electron chi connectivity index (χ1n) is 10.7. The SMILES string of the molecule is Brc1ccc2sc3cccc(c3)c3cc2c1[cH-]3.Brc1cccc2cc(-c3ccccc3)[cH-]c12.[Cl-].[Cl-].[Zr+4]. The molecule has 0 aliphatic carbocycles. The first-order valence-corrected chi connectivity index (χ1v) is 13.1. The zero-order chi connectivity index (χ0) is 22.4. The fraction of sp³-hybridized carbons (Fsp3) is 0. The summed E-state index contributed by atoms with van der Waals surface area (Å²) in [6.45, 7) is 0. The topological polar surface area (TPSA) is 0 Å². The molecule has 1 heterocycles. The van der Waals surface area contributed by atoms with Crippen LogP contribution in [0.3, 0.4) is 0 Å². The van der Waals surface area contributed by atoms with Crippen LogP contribution in [0.15, 0.2) is 118 Å². The van der Waals surface area contributed by atoms with Gasteiger partial charge in [0.15, 0.2) is 0 Å². The summed E-state index contributed by atoms with van der Waals surface area (Å²) >= 11 is 9.06. The van der Waals surface area contributed by atoms with Crippen molar-refractivity contribution in [2.75, 3.05) is 0 Å². The third-order valence-electron chi connectivity index (χ3n) is 5.99. The molecule has 36 heavy (non-hydrogen) atoms. The Labute approximate surface area is 262 Å². The van der Waals surface area contributed by atoms with Gasteiger partial charge in [0.05, 0.1) is 0 Å². The number of halogens is 4. The standard InChI is InChI=1S/C15H8BrS.C15H10Br.2ClH.Zr/c16-14-4-5-15-13-8-10(7-12(13)14)9-2-1-3-11(6-9)17-15;16-15-8-4-7-12-9-13(10-14(12)15)11-5-2-1-3-6-11;;;/h1-8H;1-10H;2*1H;/q2*-1;;;+4/p-2. The minimum Gasteiger partial charge on any atom is -1.00 e. The second-order valence-corrected chi connectivity index (χ2v) is 10.9. The maximum absolute atomic E-state index is 3.63. The van der Waals surface area contributed by atoms with Gasteiger partial charge in [0.1, 0.15) is 0 Å². The summed E-state index contributed by atoms with van der Waals surface area (Å²) < 4.78 is 4.99. The van der Waals surface area contributed by atoms with Gasteiger partial charge in [-0.1, -0.05) is 95.2 Å². The number of hydrogen-bond acceptors (Lipinski definition) is 1. The molecule has 0 amide bonds. The Hall–Kier alpha value is -1.26. The zero-order valence-electron chi connectivity index (χ0n) is 18.8. The zero-order valence-corrected chi connectivity index (χ0v) is 26.8. The molecule has 0 atom stereocenters. The molecular weight excluding hydrogens is 714 g/mol. The quantitative estimate of drug-likeness (QED) is 0.215. The van der Waals surface area contributed by atoms with E-state index in [1.165, 1.54) is 57.3 Å². The average molecular weight is 732 g/mol. The van der Waals surface area contributed by atoms with Crippen LogP contribution in [0.4, 0.5) is 0 Å². The van der Waals surface area contributed by atoms with Crippen molar-refractivity contribution in [2.45, 2.75) is 0 Å². The van der Waals surface area contributed by atoms with Gasteiger partial charge in [0.25, 0.3) is 0 Å². The summed E-state index contributed by atoms with van der Waals surface area (Å²) in [5.41, 5.74) is 2.55. The Morgan fingerprint density at radius 1 is 0.611 bits per heavy atom. The van der Waals surface area contributed by atoms with E-state index in [1.54, 1.807) is 0 Å². The fourth-order valence-corrected chi connectivity index (χ4v) is 6.31. The Kier molecular flexibility index (Phi) is 10.2. The van der Waals surface area contributed by atoms with Gasteiger partial charge in [0.2, 0.25) is 0 Å². The van der Waals surface area contributed by atoms with Crippen LogP contribution < -0.4 is 24.8 Å². The first kappa shape index (κ1) is 29.3. The molecule has 0 aliphatic rings. The maximum atomic E-state index is 3.63. The van der Waals surface area contributed by atoms with E-state index in [2.05, 4.69) is 135 Å².